The van der Waals surface area contributed by atoms with Gasteiger partial charge in [-0.2, -0.15) is 0 Å². The second-order valence-electron chi connectivity index (χ2n) is 4.94. The van der Waals surface area contributed by atoms with Crippen LogP contribution in [0.3, 0.4) is 0 Å². The van der Waals surface area contributed by atoms with E-state index in [9.17, 15) is 9.59 Å². The average molecular weight is 294 g/mol. The predicted molar refractivity (Wildman–Crippen MR) is 77.4 cm³/mol. The van der Waals surface area contributed by atoms with Crippen molar-refractivity contribution in [2.24, 2.45) is 5.92 Å². The maximum Gasteiger partial charge on any atom is 0.306 e. The first-order valence-corrected chi connectivity index (χ1v) is 6.89. The van der Waals surface area contributed by atoms with E-state index in [-0.39, 0.29) is 17.9 Å². The van der Waals surface area contributed by atoms with Gasteiger partial charge in [0.05, 0.1) is 5.92 Å². The summed E-state index contributed by atoms with van der Waals surface area (Å²) >= 11 is 5.85. The van der Waals surface area contributed by atoms with Crippen LogP contribution in [0.5, 0.6) is 0 Å². The number of nitrogens with one attached hydrogen (secondary N) is 1. The highest BCUT2D eigenvalue weighted by atomic mass is 35.5. The second kappa shape index (κ2) is 6.57. The lowest BCUT2D eigenvalue weighted by atomic mass is 10.1. The van der Waals surface area contributed by atoms with Crippen molar-refractivity contribution >= 4 is 29.6 Å². The van der Waals surface area contributed by atoms with E-state index in [0.29, 0.717) is 24.3 Å². The Bertz CT molecular complexity index is 542. The molecule has 1 aromatic rings. The Hall–Kier alpha value is -1.81. The summed E-state index contributed by atoms with van der Waals surface area (Å²) in [4.78, 5) is 22.6. The minimum Gasteiger partial charge on any atom is -0.481 e. The van der Waals surface area contributed by atoms with Gasteiger partial charge in [0.1, 0.15) is 0 Å². The molecule has 4 nitrogen and oxygen atoms in total. The molecule has 2 rings (SSSR count). The van der Waals surface area contributed by atoms with Crippen LogP contribution in [-0.2, 0) is 9.59 Å². The molecule has 0 spiro atoms. The molecule has 106 valence electrons. The van der Waals surface area contributed by atoms with E-state index in [1.54, 1.807) is 18.2 Å². The molecule has 2 N–H and O–H groups in total. The third-order valence-corrected chi connectivity index (χ3v) is 3.64. The molecule has 1 aliphatic carbocycles. The first-order valence-electron chi connectivity index (χ1n) is 6.51. The summed E-state index contributed by atoms with van der Waals surface area (Å²) in [7, 11) is 0. The molecule has 1 aromatic carbocycles. The third kappa shape index (κ3) is 4.10. The number of hydrogen-bond donors (Lipinski definition) is 2. The second-order valence-corrected chi connectivity index (χ2v) is 5.38. The van der Waals surface area contributed by atoms with Gasteiger partial charge in [-0.1, -0.05) is 23.7 Å². The SMILES string of the molecule is O=C(C=Cc1cccc(Cl)c1)NC1CCC(C(=O)O)C1. The minimum atomic E-state index is -0.781. The van der Waals surface area contributed by atoms with Gasteiger partial charge < -0.3 is 10.4 Å². The zero-order chi connectivity index (χ0) is 14.5. The molecule has 2 atom stereocenters. The van der Waals surface area contributed by atoms with Gasteiger partial charge in [-0.05, 0) is 43.0 Å². The lowest BCUT2D eigenvalue weighted by Gasteiger charge is -2.10. The van der Waals surface area contributed by atoms with Crippen LogP contribution in [0.15, 0.2) is 30.3 Å². The van der Waals surface area contributed by atoms with E-state index in [1.807, 2.05) is 12.1 Å². The Labute approximate surface area is 122 Å². The molecule has 1 amide bonds. The molecule has 20 heavy (non-hydrogen) atoms. The van der Waals surface area contributed by atoms with Crippen LogP contribution in [-0.4, -0.2) is 23.0 Å². The first kappa shape index (κ1) is 14.6. The number of hydrogen-bond acceptors (Lipinski definition) is 2. The zero-order valence-corrected chi connectivity index (χ0v) is 11.6. The lowest BCUT2D eigenvalue weighted by Crippen LogP contribution is -2.31. The summed E-state index contributed by atoms with van der Waals surface area (Å²) in [5.74, 6) is -1.32. The Balaban J connectivity index is 1.86. The normalized spacial score (nSPS) is 22.1. The predicted octanol–water partition coefficient (Wildman–Crippen LogP) is 2.72. The molecule has 1 saturated carbocycles. The van der Waals surface area contributed by atoms with Crippen molar-refractivity contribution in [1.29, 1.82) is 0 Å². The van der Waals surface area contributed by atoms with Crippen molar-refractivity contribution in [3.8, 4) is 0 Å². The van der Waals surface area contributed by atoms with Gasteiger partial charge in [-0.15, -0.1) is 0 Å². The smallest absolute Gasteiger partial charge is 0.306 e. The number of carbonyl (C=O) groups is 2. The van der Waals surface area contributed by atoms with Crippen molar-refractivity contribution in [2.45, 2.75) is 25.3 Å². The summed E-state index contributed by atoms with van der Waals surface area (Å²) < 4.78 is 0. The molecule has 1 fully saturated rings. The zero-order valence-electron chi connectivity index (χ0n) is 10.9. The summed E-state index contributed by atoms with van der Waals surface area (Å²) in [5.41, 5.74) is 0.850. The van der Waals surface area contributed by atoms with Crippen LogP contribution >= 0.6 is 11.6 Å². The Morgan fingerprint density at radius 3 is 2.80 bits per heavy atom. The molecule has 0 saturated heterocycles. The molecule has 0 heterocycles. The topological polar surface area (TPSA) is 66.4 Å². The van der Waals surface area contributed by atoms with E-state index < -0.39 is 5.97 Å². The molecule has 5 heteroatoms. The van der Waals surface area contributed by atoms with Gasteiger partial charge in [-0.3, -0.25) is 9.59 Å². The number of amides is 1. The fourth-order valence-electron chi connectivity index (χ4n) is 2.37. The van der Waals surface area contributed by atoms with E-state index >= 15 is 0 Å². The molecule has 2 unspecified atom stereocenters. The van der Waals surface area contributed by atoms with Crippen molar-refractivity contribution in [2.75, 3.05) is 0 Å². The van der Waals surface area contributed by atoms with Crippen molar-refractivity contribution < 1.29 is 14.7 Å². The third-order valence-electron chi connectivity index (χ3n) is 3.40. The maximum absolute atomic E-state index is 11.8. The number of carboxylic acids is 1. The number of benzene rings is 1. The summed E-state index contributed by atoms with van der Waals surface area (Å²) in [6.45, 7) is 0. The molecule has 0 bridgehead atoms. The van der Waals surface area contributed by atoms with Crippen LogP contribution < -0.4 is 5.32 Å². The highest BCUT2D eigenvalue weighted by molar-refractivity contribution is 6.30. The van der Waals surface area contributed by atoms with E-state index in [1.165, 1.54) is 6.08 Å². The molecule has 1 aliphatic rings. The summed E-state index contributed by atoms with van der Waals surface area (Å²) in [6.07, 6.45) is 4.97. The molecule has 0 radical (unpaired) electrons. The summed E-state index contributed by atoms with van der Waals surface area (Å²) in [5, 5.41) is 12.3. The Morgan fingerprint density at radius 1 is 1.35 bits per heavy atom. The van der Waals surface area contributed by atoms with Gasteiger partial charge in [0.25, 0.3) is 0 Å². The number of carbonyl (C=O) groups excluding carboxylic acids is 1. The molecule has 0 aliphatic heterocycles. The van der Waals surface area contributed by atoms with Gasteiger partial charge >= 0.3 is 5.97 Å². The highest BCUT2D eigenvalue weighted by Crippen LogP contribution is 2.25. The molecule has 0 aromatic heterocycles. The van der Waals surface area contributed by atoms with Crippen molar-refractivity contribution in [3.05, 3.63) is 40.9 Å². The monoisotopic (exact) mass is 293 g/mol. The standard InChI is InChI=1S/C15H16ClNO3/c16-12-3-1-2-10(8-12)4-7-14(18)17-13-6-5-11(9-13)15(19)20/h1-4,7-8,11,13H,5-6,9H2,(H,17,18)(H,19,20). The van der Waals surface area contributed by atoms with Crippen LogP contribution in [0.25, 0.3) is 6.08 Å². The first-order chi connectivity index (χ1) is 9.54. The Morgan fingerprint density at radius 2 is 2.15 bits per heavy atom. The van der Waals surface area contributed by atoms with Gasteiger partial charge in [0.15, 0.2) is 0 Å². The quantitative estimate of drug-likeness (QED) is 0.839. The number of rotatable bonds is 4. The van der Waals surface area contributed by atoms with Crippen molar-refractivity contribution in [3.63, 3.8) is 0 Å². The van der Waals surface area contributed by atoms with E-state index in [4.69, 9.17) is 16.7 Å². The largest absolute Gasteiger partial charge is 0.481 e. The summed E-state index contributed by atoms with van der Waals surface area (Å²) in [6, 6.07) is 7.15. The van der Waals surface area contributed by atoms with Gasteiger partial charge in [0.2, 0.25) is 5.91 Å². The minimum absolute atomic E-state index is 0.0485. The number of halogens is 1. The Kier molecular flexibility index (Phi) is 4.79. The van der Waals surface area contributed by atoms with Gasteiger partial charge in [-0.25, -0.2) is 0 Å². The van der Waals surface area contributed by atoms with Crippen molar-refractivity contribution in [1.82, 2.24) is 5.32 Å². The highest BCUT2D eigenvalue weighted by Gasteiger charge is 2.30. The maximum atomic E-state index is 11.8. The number of carboxylic acid groups (broad SMARTS) is 1. The van der Waals surface area contributed by atoms with E-state index in [0.717, 1.165) is 5.56 Å². The number of aliphatic carboxylic acids is 1. The van der Waals surface area contributed by atoms with E-state index in [2.05, 4.69) is 5.32 Å². The van der Waals surface area contributed by atoms with Gasteiger partial charge in [0, 0.05) is 17.1 Å². The molecular weight excluding hydrogens is 278 g/mol. The fourth-order valence-corrected chi connectivity index (χ4v) is 2.57. The molecular formula is C15H16ClNO3. The van der Waals surface area contributed by atoms with Crippen LogP contribution in [0.4, 0.5) is 0 Å². The van der Waals surface area contributed by atoms with Crippen LogP contribution in [0, 0.1) is 5.92 Å². The fraction of sp³-hybridized carbons (Fsp3) is 0.333. The van der Waals surface area contributed by atoms with Crippen LogP contribution in [0.1, 0.15) is 24.8 Å². The van der Waals surface area contributed by atoms with Crippen LogP contribution in [0.2, 0.25) is 5.02 Å². The lowest BCUT2D eigenvalue weighted by molar-refractivity contribution is -0.141. The average Bonchev–Trinajstić information content (AvgIpc) is 2.85.